The molecule has 2 bridgehead atoms. The minimum atomic E-state index is -0.509. The second kappa shape index (κ2) is 9.38. The third kappa shape index (κ3) is 5.43. The molecule has 0 spiro atoms. The molecule has 4 rings (SSSR count). The van der Waals surface area contributed by atoms with Gasteiger partial charge >= 0.3 is 6.09 Å². The number of carbonyl (C=O) groups excluding carboxylic acids is 2. The smallest absolute Gasteiger partial charge is 0.410 e. The molecule has 0 saturated carbocycles. The van der Waals surface area contributed by atoms with Crippen molar-refractivity contribution in [3.63, 3.8) is 0 Å². The maximum Gasteiger partial charge on any atom is 0.410 e. The molecule has 0 N–H and O–H groups in total. The van der Waals surface area contributed by atoms with E-state index in [-0.39, 0.29) is 29.9 Å². The summed E-state index contributed by atoms with van der Waals surface area (Å²) in [7, 11) is 0. The lowest BCUT2D eigenvalue weighted by Crippen LogP contribution is -2.58. The molecular weight excluding hydrogens is 461 g/mol. The maximum absolute atomic E-state index is 13.6. The molecule has 3 aliphatic rings. The van der Waals surface area contributed by atoms with E-state index in [9.17, 15) is 9.59 Å². The average Bonchev–Trinajstić information content (AvgIpc) is 3.08. The normalized spacial score (nSPS) is 25.4. The molecule has 3 fully saturated rings. The summed E-state index contributed by atoms with van der Waals surface area (Å²) in [5.74, 6) is 0.673. The summed E-state index contributed by atoms with van der Waals surface area (Å²) in [6.45, 7) is 12.9. The molecule has 8 heteroatoms. The molecule has 2 amide bonds. The summed E-state index contributed by atoms with van der Waals surface area (Å²) in [6, 6.07) is 5.20. The molecule has 3 atom stereocenters. The van der Waals surface area contributed by atoms with Crippen molar-refractivity contribution in [1.82, 2.24) is 14.7 Å². The van der Waals surface area contributed by atoms with Crippen LogP contribution in [0.1, 0.15) is 45.6 Å². The number of allylic oxidation sites excluding steroid dienone is 1. The van der Waals surface area contributed by atoms with Gasteiger partial charge < -0.3 is 19.4 Å². The first kappa shape index (κ1) is 24.2. The number of carbonyl (C=O) groups is 2. The van der Waals surface area contributed by atoms with Crippen LogP contribution in [-0.2, 0) is 16.1 Å². The second-order valence-corrected chi connectivity index (χ2v) is 11.4. The fraction of sp³-hybridized carbons (Fsp3) is 0.600. The number of halogens is 2. The molecule has 0 aromatic heterocycles. The van der Waals surface area contributed by atoms with Gasteiger partial charge in [0.25, 0.3) is 0 Å². The average molecular weight is 494 g/mol. The van der Waals surface area contributed by atoms with E-state index in [2.05, 4.69) is 11.5 Å². The lowest BCUT2D eigenvalue weighted by Gasteiger charge is -2.46. The van der Waals surface area contributed by atoms with Crippen molar-refractivity contribution in [3.8, 4) is 0 Å². The highest BCUT2D eigenvalue weighted by Crippen LogP contribution is 2.35. The van der Waals surface area contributed by atoms with Crippen molar-refractivity contribution in [3.05, 3.63) is 46.1 Å². The summed E-state index contributed by atoms with van der Waals surface area (Å²) in [5.41, 5.74) is 1.26. The fourth-order valence-corrected chi connectivity index (χ4v) is 5.82. The van der Waals surface area contributed by atoms with Gasteiger partial charge in [-0.2, -0.15) is 0 Å². The highest BCUT2D eigenvalue weighted by Gasteiger charge is 2.42. The molecule has 33 heavy (non-hydrogen) atoms. The number of fused-ring (bicyclic) bond motifs is 2. The van der Waals surface area contributed by atoms with Gasteiger partial charge in [0.1, 0.15) is 11.6 Å². The maximum atomic E-state index is 13.6. The Morgan fingerprint density at radius 3 is 2.21 bits per heavy atom. The first-order valence-corrected chi connectivity index (χ1v) is 12.4. The molecule has 6 nitrogen and oxygen atoms in total. The Hall–Kier alpha value is -1.92. The van der Waals surface area contributed by atoms with Crippen molar-refractivity contribution in [2.24, 2.45) is 11.8 Å². The van der Waals surface area contributed by atoms with Crippen LogP contribution in [-0.4, -0.2) is 64.5 Å². The Morgan fingerprint density at radius 2 is 1.64 bits per heavy atom. The molecule has 3 aliphatic heterocycles. The van der Waals surface area contributed by atoms with Crippen molar-refractivity contribution < 1.29 is 14.3 Å². The number of piperidine rings is 2. The van der Waals surface area contributed by atoms with Crippen molar-refractivity contribution >= 4 is 35.2 Å². The largest absolute Gasteiger partial charge is 0.444 e. The van der Waals surface area contributed by atoms with Gasteiger partial charge in [0.15, 0.2) is 0 Å². The van der Waals surface area contributed by atoms with Gasteiger partial charge in [0.2, 0.25) is 5.91 Å². The van der Waals surface area contributed by atoms with Crippen LogP contribution in [0.2, 0.25) is 10.0 Å². The van der Waals surface area contributed by atoms with Gasteiger partial charge in [-0.25, -0.2) is 4.79 Å². The zero-order chi connectivity index (χ0) is 23.9. The van der Waals surface area contributed by atoms with Crippen LogP contribution in [0.15, 0.2) is 30.5 Å². The van der Waals surface area contributed by atoms with Gasteiger partial charge in [0, 0.05) is 54.0 Å². The van der Waals surface area contributed by atoms with Crippen molar-refractivity contribution in [2.75, 3.05) is 26.2 Å². The third-order valence-corrected chi connectivity index (χ3v) is 7.42. The number of nitrogens with zero attached hydrogens (tertiary/aromatic N) is 3. The molecule has 0 aliphatic carbocycles. The summed E-state index contributed by atoms with van der Waals surface area (Å²) >= 11 is 12.8. The van der Waals surface area contributed by atoms with Crippen LogP contribution in [0.3, 0.4) is 0 Å². The SMILES string of the molecule is C=C1CCC(C(=O)N2CC3CC(CN(C(=O)OC(C)(C)C)C3)C2)N1Cc1c(Cl)cccc1Cl. The van der Waals surface area contributed by atoms with Crippen LogP contribution in [0, 0.1) is 11.8 Å². The van der Waals surface area contributed by atoms with Crippen LogP contribution >= 0.6 is 23.2 Å². The molecule has 3 heterocycles. The Morgan fingerprint density at radius 1 is 1.06 bits per heavy atom. The summed E-state index contributed by atoms with van der Waals surface area (Å²) < 4.78 is 5.57. The first-order valence-electron chi connectivity index (χ1n) is 11.7. The highest BCUT2D eigenvalue weighted by molar-refractivity contribution is 6.36. The van der Waals surface area contributed by atoms with Gasteiger partial charge in [-0.05, 0) is 64.0 Å². The number of ether oxygens (including phenoxy) is 1. The predicted molar refractivity (Wildman–Crippen MR) is 130 cm³/mol. The lowest BCUT2D eigenvalue weighted by atomic mass is 9.84. The molecule has 1 aromatic carbocycles. The van der Waals surface area contributed by atoms with E-state index in [1.54, 1.807) is 0 Å². The van der Waals surface area contributed by atoms with Gasteiger partial charge in [0.05, 0.1) is 0 Å². The predicted octanol–water partition coefficient (Wildman–Crippen LogP) is 5.19. The monoisotopic (exact) mass is 493 g/mol. The minimum absolute atomic E-state index is 0.136. The third-order valence-electron chi connectivity index (χ3n) is 6.71. The molecular formula is C25H33Cl2N3O3. The molecule has 3 saturated heterocycles. The lowest BCUT2D eigenvalue weighted by molar-refractivity contribution is -0.140. The van der Waals surface area contributed by atoms with Gasteiger partial charge in [-0.3, -0.25) is 4.79 Å². The molecule has 1 aromatic rings. The van der Waals surface area contributed by atoms with E-state index in [1.807, 2.05) is 48.8 Å². The first-order chi connectivity index (χ1) is 15.5. The number of benzene rings is 1. The zero-order valence-electron chi connectivity index (χ0n) is 19.7. The van der Waals surface area contributed by atoms with Crippen LogP contribution < -0.4 is 0 Å². The molecule has 3 unspecified atom stereocenters. The van der Waals surface area contributed by atoms with Crippen molar-refractivity contribution in [1.29, 1.82) is 0 Å². The standard InChI is InChI=1S/C25H33Cl2N3O3/c1-16-8-9-22(30(16)15-19-20(26)6-5-7-21(19)27)23(31)28-11-17-10-18(12-28)14-29(13-17)24(32)33-25(2,3)4/h5-7,17-18,22H,1,8-15H2,2-4H3. The summed E-state index contributed by atoms with van der Waals surface area (Å²) in [5, 5.41) is 1.20. The second-order valence-electron chi connectivity index (χ2n) is 10.5. The van der Waals surface area contributed by atoms with E-state index in [1.165, 1.54) is 0 Å². The van der Waals surface area contributed by atoms with E-state index in [0.29, 0.717) is 42.8 Å². The summed E-state index contributed by atoms with van der Waals surface area (Å²) in [4.78, 5) is 32.1. The number of amides is 2. The summed E-state index contributed by atoms with van der Waals surface area (Å²) in [6.07, 6.45) is 2.31. The Kier molecular flexibility index (Phi) is 6.88. The quantitative estimate of drug-likeness (QED) is 0.581. The van der Waals surface area contributed by atoms with E-state index >= 15 is 0 Å². The Labute approximate surface area is 206 Å². The number of hydrogen-bond acceptors (Lipinski definition) is 4. The minimum Gasteiger partial charge on any atom is -0.444 e. The van der Waals surface area contributed by atoms with Crippen molar-refractivity contribution in [2.45, 2.75) is 58.2 Å². The van der Waals surface area contributed by atoms with E-state index in [0.717, 1.165) is 30.5 Å². The Bertz CT molecular complexity index is 911. The number of likely N-dealkylation sites (tertiary alicyclic amines) is 3. The van der Waals surface area contributed by atoms with E-state index in [4.69, 9.17) is 27.9 Å². The fourth-order valence-electron chi connectivity index (χ4n) is 5.30. The number of hydrogen-bond donors (Lipinski definition) is 0. The topological polar surface area (TPSA) is 53.1 Å². The van der Waals surface area contributed by atoms with Crippen LogP contribution in [0.25, 0.3) is 0 Å². The Balaban J connectivity index is 1.42. The highest BCUT2D eigenvalue weighted by atomic mass is 35.5. The molecule has 180 valence electrons. The van der Waals surface area contributed by atoms with Gasteiger partial charge in [-0.15, -0.1) is 0 Å². The molecule has 0 radical (unpaired) electrons. The van der Waals surface area contributed by atoms with E-state index < -0.39 is 5.60 Å². The van der Waals surface area contributed by atoms with Gasteiger partial charge in [-0.1, -0.05) is 35.8 Å². The zero-order valence-corrected chi connectivity index (χ0v) is 21.2. The van der Waals surface area contributed by atoms with Crippen LogP contribution in [0.5, 0.6) is 0 Å². The van der Waals surface area contributed by atoms with Crippen LogP contribution in [0.4, 0.5) is 4.79 Å². The number of rotatable bonds is 3.